The van der Waals surface area contributed by atoms with Crippen molar-refractivity contribution in [2.45, 2.75) is 26.4 Å². The number of carbonyl (C=O) groups excluding carboxylic acids is 2. The fraction of sp³-hybridized carbons (Fsp3) is 0.294. The maximum Gasteiger partial charge on any atom is 0.399 e. The van der Waals surface area contributed by atoms with Crippen LogP contribution in [0.1, 0.15) is 23.0 Å². The fourth-order valence-electron chi connectivity index (χ4n) is 3.28. The second-order valence-corrected chi connectivity index (χ2v) is 6.67. The van der Waals surface area contributed by atoms with Crippen molar-refractivity contribution in [3.05, 3.63) is 46.2 Å². The largest absolute Gasteiger partial charge is 0.399 e. The molecule has 2 aromatic rings. The number of H-pyrrole nitrogens is 1. The Labute approximate surface area is 149 Å². The van der Waals surface area contributed by atoms with Gasteiger partial charge in [0.15, 0.2) is 0 Å². The Morgan fingerprint density at radius 2 is 2.00 bits per heavy atom. The summed E-state index contributed by atoms with van der Waals surface area (Å²) in [6.45, 7) is 3.99. The molecular weight excluding hydrogens is 342 g/mol. The average Bonchev–Trinajstić information content (AvgIpc) is 3.08. The molecule has 1 saturated heterocycles. The highest BCUT2D eigenvalue weighted by molar-refractivity contribution is 6.31. The minimum atomic E-state index is -0.634. The van der Waals surface area contributed by atoms with Crippen molar-refractivity contribution < 1.29 is 14.2 Å². The van der Waals surface area contributed by atoms with E-state index in [1.807, 2.05) is 36.6 Å². The Morgan fingerprint density at radius 1 is 1.28 bits per heavy atom. The zero-order valence-electron chi connectivity index (χ0n) is 14.1. The van der Waals surface area contributed by atoms with E-state index in [1.165, 1.54) is 9.80 Å². The number of likely N-dealkylation sites (N-methyl/N-ethyl adjacent to an activating group) is 1. The van der Waals surface area contributed by atoms with Gasteiger partial charge in [-0.3, -0.25) is 14.6 Å². The number of hydrogen-bond donors (Lipinski definition) is 1. The second-order valence-electron chi connectivity index (χ2n) is 6.26. The van der Waals surface area contributed by atoms with E-state index < -0.39 is 12.1 Å². The van der Waals surface area contributed by atoms with E-state index in [0.29, 0.717) is 16.8 Å². The first-order valence-electron chi connectivity index (χ1n) is 7.92. The number of rotatable bonds is 2. The van der Waals surface area contributed by atoms with Crippen LogP contribution in [0.5, 0.6) is 0 Å². The van der Waals surface area contributed by atoms with Crippen LogP contribution < -0.4 is 4.57 Å². The lowest BCUT2D eigenvalue weighted by atomic mass is 10.1. The molecule has 2 aliphatic rings. The van der Waals surface area contributed by atoms with E-state index in [4.69, 9.17) is 11.6 Å². The number of benzene rings is 1. The van der Waals surface area contributed by atoms with Crippen LogP contribution >= 0.6 is 11.6 Å². The molecule has 0 aliphatic carbocycles. The zero-order valence-corrected chi connectivity index (χ0v) is 14.8. The molecule has 2 aliphatic heterocycles. The third kappa shape index (κ3) is 2.19. The number of aliphatic imine (C=N–C) groups is 1. The number of fused-ring (bicyclic) bond motifs is 3. The highest BCUT2D eigenvalue weighted by Crippen LogP contribution is 2.30. The average molecular weight is 359 g/mol. The summed E-state index contributed by atoms with van der Waals surface area (Å²) in [6.07, 6.45) is 0. The van der Waals surface area contributed by atoms with Gasteiger partial charge < -0.3 is 0 Å². The van der Waals surface area contributed by atoms with Gasteiger partial charge in [0.25, 0.3) is 5.91 Å². The van der Waals surface area contributed by atoms with Crippen LogP contribution in [-0.4, -0.2) is 39.6 Å². The van der Waals surface area contributed by atoms with Gasteiger partial charge in [-0.05, 0) is 25.5 Å². The van der Waals surface area contributed by atoms with Crippen molar-refractivity contribution in [1.82, 2.24) is 14.8 Å². The lowest BCUT2D eigenvalue weighted by Gasteiger charge is -2.33. The number of amidine groups is 1. The maximum atomic E-state index is 13.1. The van der Waals surface area contributed by atoms with Crippen molar-refractivity contribution in [3.8, 4) is 0 Å². The molecule has 0 bridgehead atoms. The summed E-state index contributed by atoms with van der Waals surface area (Å²) < 4.78 is 1.84. The van der Waals surface area contributed by atoms with Crippen LogP contribution in [0.15, 0.2) is 29.3 Å². The molecule has 3 amide bonds. The predicted octanol–water partition coefficient (Wildman–Crippen LogP) is 2.25. The molecule has 7 nitrogen and oxygen atoms in total. The number of halogens is 1. The van der Waals surface area contributed by atoms with Crippen molar-refractivity contribution in [1.29, 1.82) is 0 Å². The topological polar surface area (TPSA) is 72.7 Å². The van der Waals surface area contributed by atoms with E-state index in [2.05, 4.69) is 9.98 Å². The van der Waals surface area contributed by atoms with Crippen LogP contribution in [0, 0.1) is 13.8 Å². The molecule has 25 heavy (non-hydrogen) atoms. The normalized spacial score (nSPS) is 19.2. The van der Waals surface area contributed by atoms with E-state index in [0.717, 1.165) is 17.0 Å². The van der Waals surface area contributed by atoms with E-state index in [9.17, 15) is 9.59 Å². The molecule has 1 aromatic heterocycles. The van der Waals surface area contributed by atoms with Crippen LogP contribution in [-0.2, 0) is 11.3 Å². The number of nitrogens with one attached hydrogen (secondary N) is 1. The number of nitrogens with zero attached hydrogens (tertiary/aromatic N) is 4. The number of aryl methyl sites for hydroxylation is 1. The lowest BCUT2D eigenvalue weighted by Crippen LogP contribution is -2.63. The third-order valence-electron chi connectivity index (χ3n) is 4.80. The van der Waals surface area contributed by atoms with Crippen molar-refractivity contribution in [2.75, 3.05) is 7.05 Å². The van der Waals surface area contributed by atoms with Gasteiger partial charge in [0.1, 0.15) is 11.4 Å². The van der Waals surface area contributed by atoms with Crippen molar-refractivity contribution in [2.24, 2.45) is 4.99 Å². The first-order valence-corrected chi connectivity index (χ1v) is 8.29. The minimum absolute atomic E-state index is 0.129. The van der Waals surface area contributed by atoms with Gasteiger partial charge in [0.05, 0.1) is 6.54 Å². The molecule has 3 heterocycles. The zero-order chi connectivity index (χ0) is 17.9. The highest BCUT2D eigenvalue weighted by Gasteiger charge is 2.53. The van der Waals surface area contributed by atoms with Crippen LogP contribution in [0.4, 0.5) is 10.7 Å². The molecule has 0 saturated carbocycles. The molecule has 0 spiro atoms. The SMILES string of the molecule is Cc1[nH]c2[n+](c1C)C1C(=O)N(Cc3ccccc3Cl)C(=O)N(C)C1=N2. The molecule has 1 fully saturated rings. The first-order chi connectivity index (χ1) is 11.9. The monoisotopic (exact) mass is 358 g/mol. The summed E-state index contributed by atoms with van der Waals surface area (Å²) in [5.74, 6) is 0.731. The fourth-order valence-corrected chi connectivity index (χ4v) is 3.48. The molecule has 4 rings (SSSR count). The highest BCUT2D eigenvalue weighted by atomic mass is 35.5. The second kappa shape index (κ2) is 5.42. The number of amides is 3. The maximum absolute atomic E-state index is 13.1. The summed E-state index contributed by atoms with van der Waals surface area (Å²) in [7, 11) is 1.63. The Hall–Kier alpha value is -2.67. The summed E-state index contributed by atoms with van der Waals surface area (Å²) in [5.41, 5.74) is 2.60. The molecule has 8 heteroatoms. The Balaban J connectivity index is 1.76. The molecule has 1 atom stereocenters. The Bertz CT molecular complexity index is 949. The molecule has 1 N–H and O–H groups in total. The van der Waals surface area contributed by atoms with Gasteiger partial charge in [0, 0.05) is 12.1 Å². The number of imide groups is 1. The van der Waals surface area contributed by atoms with Crippen molar-refractivity contribution in [3.63, 3.8) is 0 Å². The molecule has 1 unspecified atom stereocenters. The molecule has 1 aromatic carbocycles. The van der Waals surface area contributed by atoms with Crippen LogP contribution in [0.2, 0.25) is 5.02 Å². The summed E-state index contributed by atoms with van der Waals surface area (Å²) in [6, 6.07) is 6.16. The Kier molecular flexibility index (Phi) is 3.43. The van der Waals surface area contributed by atoms with Gasteiger partial charge in [0.2, 0.25) is 11.9 Å². The first kappa shape index (κ1) is 15.8. The number of hydrogen-bond acceptors (Lipinski definition) is 3. The minimum Gasteiger partial charge on any atom is -0.270 e. The van der Waals surface area contributed by atoms with Gasteiger partial charge in [-0.25, -0.2) is 14.3 Å². The summed E-state index contributed by atoms with van der Waals surface area (Å²) in [5, 5.41) is 0.527. The summed E-state index contributed by atoms with van der Waals surface area (Å²) in [4.78, 5) is 36.1. The molecular formula is C17H17ClN5O2+. The van der Waals surface area contributed by atoms with Gasteiger partial charge in [-0.2, -0.15) is 0 Å². The van der Waals surface area contributed by atoms with E-state index >= 15 is 0 Å². The quantitative estimate of drug-likeness (QED) is 0.836. The number of aromatic nitrogens is 2. The number of urea groups is 1. The van der Waals surface area contributed by atoms with Crippen LogP contribution in [0.3, 0.4) is 0 Å². The Morgan fingerprint density at radius 3 is 2.72 bits per heavy atom. The van der Waals surface area contributed by atoms with E-state index in [-0.39, 0.29) is 12.5 Å². The number of carbonyl (C=O) groups is 2. The van der Waals surface area contributed by atoms with Gasteiger partial charge in [-0.1, -0.05) is 34.8 Å². The van der Waals surface area contributed by atoms with Gasteiger partial charge >= 0.3 is 12.0 Å². The smallest absolute Gasteiger partial charge is 0.270 e. The van der Waals surface area contributed by atoms with Crippen molar-refractivity contribution >= 4 is 35.3 Å². The third-order valence-corrected chi connectivity index (χ3v) is 5.17. The van der Waals surface area contributed by atoms with Crippen LogP contribution in [0.25, 0.3) is 0 Å². The lowest BCUT2D eigenvalue weighted by molar-refractivity contribution is -0.682. The molecule has 0 radical (unpaired) electrons. The predicted molar refractivity (Wildman–Crippen MR) is 91.8 cm³/mol. The number of aromatic amines is 1. The molecule has 128 valence electrons. The summed E-state index contributed by atoms with van der Waals surface area (Å²) >= 11 is 6.20. The van der Waals surface area contributed by atoms with E-state index in [1.54, 1.807) is 13.1 Å². The number of imidazole rings is 1. The van der Waals surface area contributed by atoms with Gasteiger partial charge in [-0.15, -0.1) is 0 Å². The standard InChI is InChI=1S/C17H16ClN5O2/c1-9-10(2)23-13-14(20-16(23)19-9)21(3)17(25)22(15(13)24)8-11-6-4-5-7-12(11)18/h4-7,13H,8H2,1-3H3/p+1.